The van der Waals surface area contributed by atoms with Gasteiger partial charge in [0.2, 0.25) is 0 Å². The molecule has 0 saturated carbocycles. The van der Waals surface area contributed by atoms with Crippen molar-refractivity contribution in [2.75, 3.05) is 0 Å². The minimum Gasteiger partial charge on any atom is -0.294 e. The molecule has 3 nitrogen and oxygen atoms in total. The minimum atomic E-state index is 0.660. The first kappa shape index (κ1) is 17.2. The summed E-state index contributed by atoms with van der Waals surface area (Å²) in [6, 6.07) is 38.2. The number of hydrogen-bond donors (Lipinski definition) is 0. The first-order valence-electron chi connectivity index (χ1n) is 10.7. The summed E-state index contributed by atoms with van der Waals surface area (Å²) in [6.07, 6.45) is 0. The summed E-state index contributed by atoms with van der Waals surface area (Å²) in [7, 11) is 0. The van der Waals surface area contributed by atoms with Crippen molar-refractivity contribution in [2.45, 2.75) is 0 Å². The fraction of sp³-hybridized carbons (Fsp3) is 0. The van der Waals surface area contributed by atoms with Crippen LogP contribution in [0.3, 0.4) is 0 Å². The number of nitrogens with zero attached hydrogens (tertiary/aromatic N) is 3. The minimum absolute atomic E-state index is 0.660. The molecule has 0 amide bonds. The van der Waals surface area contributed by atoms with Gasteiger partial charge in [0.1, 0.15) is 11.7 Å². The van der Waals surface area contributed by atoms with Crippen molar-refractivity contribution in [1.82, 2.24) is 8.97 Å². The van der Waals surface area contributed by atoms with Crippen LogP contribution in [0.15, 0.2) is 103 Å². The Bertz CT molecular complexity index is 1890. The molecule has 0 N–H and O–H groups in total. The van der Waals surface area contributed by atoms with Crippen LogP contribution < -0.4 is 0 Å². The van der Waals surface area contributed by atoms with E-state index in [1.807, 2.05) is 24.3 Å². The average molecular weight is 407 g/mol. The van der Waals surface area contributed by atoms with E-state index in [-0.39, 0.29) is 0 Å². The Morgan fingerprint density at radius 3 is 2.09 bits per heavy atom. The van der Waals surface area contributed by atoms with E-state index in [9.17, 15) is 5.26 Å². The van der Waals surface area contributed by atoms with Gasteiger partial charge in [-0.3, -0.25) is 8.97 Å². The predicted octanol–water partition coefficient (Wildman–Crippen LogP) is 7.21. The lowest BCUT2D eigenvalue weighted by Crippen LogP contribution is -2.01. The molecule has 0 aliphatic heterocycles. The average Bonchev–Trinajstić information content (AvgIpc) is 3.40. The molecule has 3 heterocycles. The molecule has 0 saturated heterocycles. The first-order valence-corrected chi connectivity index (χ1v) is 10.7. The Balaban J connectivity index is 1.90. The SMILES string of the molecule is N#Cc1ccccc1-n1c2ccccc2c2c3ccccc3c3cc4ccccc4n3c21. The van der Waals surface area contributed by atoms with E-state index in [1.165, 1.54) is 32.4 Å². The van der Waals surface area contributed by atoms with Crippen LogP contribution in [0.1, 0.15) is 5.56 Å². The molecule has 32 heavy (non-hydrogen) atoms. The molecule has 3 aromatic heterocycles. The second kappa shape index (κ2) is 6.23. The van der Waals surface area contributed by atoms with Crippen LogP contribution in [-0.2, 0) is 0 Å². The van der Waals surface area contributed by atoms with Gasteiger partial charge in [0.05, 0.1) is 27.8 Å². The highest BCUT2D eigenvalue weighted by Gasteiger charge is 2.21. The third-order valence-electron chi connectivity index (χ3n) is 6.51. The van der Waals surface area contributed by atoms with Gasteiger partial charge in [-0.25, -0.2) is 0 Å². The molecule has 148 valence electrons. The van der Waals surface area contributed by atoms with Crippen molar-refractivity contribution in [1.29, 1.82) is 5.26 Å². The monoisotopic (exact) mass is 407 g/mol. The standard InChI is InChI=1S/C29H17N3/c30-18-20-10-2-7-15-25(20)31-26-16-8-5-13-23(26)28-22-12-4-3-11-21(22)27-17-19-9-1-6-14-24(19)32(27)29(28)31/h1-17H. The van der Waals surface area contributed by atoms with Gasteiger partial charge in [-0.15, -0.1) is 0 Å². The lowest BCUT2D eigenvalue weighted by Gasteiger charge is -2.13. The highest BCUT2D eigenvalue weighted by atomic mass is 15.1. The summed E-state index contributed by atoms with van der Waals surface area (Å²) in [6.45, 7) is 0. The Hall–Kier alpha value is -4.55. The molecule has 0 radical (unpaired) electrons. The molecule has 7 rings (SSSR count). The zero-order valence-electron chi connectivity index (χ0n) is 17.2. The van der Waals surface area contributed by atoms with Gasteiger partial charge in [-0.2, -0.15) is 5.26 Å². The van der Waals surface area contributed by atoms with E-state index in [2.05, 4.69) is 93.9 Å². The van der Waals surface area contributed by atoms with E-state index in [1.54, 1.807) is 0 Å². The number of nitriles is 1. The number of rotatable bonds is 1. The number of hydrogen-bond acceptors (Lipinski definition) is 1. The van der Waals surface area contributed by atoms with Crippen LogP contribution in [0.25, 0.3) is 54.8 Å². The summed E-state index contributed by atoms with van der Waals surface area (Å²) in [4.78, 5) is 0. The van der Waals surface area contributed by atoms with Gasteiger partial charge in [0.25, 0.3) is 0 Å². The molecule has 3 heteroatoms. The molecule has 0 atom stereocenters. The van der Waals surface area contributed by atoms with Gasteiger partial charge in [-0.1, -0.05) is 72.8 Å². The Kier molecular flexibility index (Phi) is 3.34. The third kappa shape index (κ3) is 2.08. The highest BCUT2D eigenvalue weighted by Crippen LogP contribution is 2.41. The van der Waals surface area contributed by atoms with Crippen molar-refractivity contribution in [3.8, 4) is 11.8 Å². The number of para-hydroxylation sites is 3. The summed E-state index contributed by atoms with van der Waals surface area (Å²) in [5, 5.41) is 16.0. The van der Waals surface area contributed by atoms with Crippen LogP contribution in [0.4, 0.5) is 0 Å². The highest BCUT2D eigenvalue weighted by molar-refractivity contribution is 6.24. The molecule has 0 unspecified atom stereocenters. The largest absolute Gasteiger partial charge is 0.294 e. The van der Waals surface area contributed by atoms with Gasteiger partial charge in [0.15, 0.2) is 0 Å². The lowest BCUT2D eigenvalue weighted by molar-refractivity contribution is 1.11. The van der Waals surface area contributed by atoms with Gasteiger partial charge in [0, 0.05) is 21.5 Å². The quantitative estimate of drug-likeness (QED) is 0.283. The topological polar surface area (TPSA) is 33.1 Å². The summed E-state index contributed by atoms with van der Waals surface area (Å²) in [5.74, 6) is 0. The van der Waals surface area contributed by atoms with Crippen molar-refractivity contribution < 1.29 is 0 Å². The van der Waals surface area contributed by atoms with Gasteiger partial charge in [-0.05, 0) is 35.7 Å². The Labute approximate surface area is 184 Å². The number of benzene rings is 4. The normalized spacial score (nSPS) is 11.7. The summed E-state index contributed by atoms with van der Waals surface area (Å²) >= 11 is 0. The smallest absolute Gasteiger partial charge is 0.131 e. The molecule has 0 spiro atoms. The second-order valence-electron chi connectivity index (χ2n) is 8.15. The third-order valence-corrected chi connectivity index (χ3v) is 6.51. The molecular formula is C29H17N3. The number of fused-ring (bicyclic) bond motifs is 10. The molecule has 7 aromatic rings. The number of pyridine rings is 1. The van der Waals surface area contributed by atoms with Crippen molar-refractivity contribution in [3.05, 3.63) is 109 Å². The van der Waals surface area contributed by atoms with E-state index in [4.69, 9.17) is 0 Å². The lowest BCUT2D eigenvalue weighted by atomic mass is 10.1. The van der Waals surface area contributed by atoms with E-state index in [0.29, 0.717) is 5.56 Å². The maximum absolute atomic E-state index is 9.91. The van der Waals surface area contributed by atoms with E-state index in [0.717, 1.165) is 22.4 Å². The van der Waals surface area contributed by atoms with Crippen molar-refractivity contribution in [3.63, 3.8) is 0 Å². The zero-order valence-corrected chi connectivity index (χ0v) is 17.2. The van der Waals surface area contributed by atoms with E-state index >= 15 is 0 Å². The van der Waals surface area contributed by atoms with Gasteiger partial charge < -0.3 is 0 Å². The Morgan fingerprint density at radius 1 is 0.594 bits per heavy atom. The fourth-order valence-corrected chi connectivity index (χ4v) is 5.22. The summed E-state index contributed by atoms with van der Waals surface area (Å²) < 4.78 is 4.62. The molecule has 0 bridgehead atoms. The fourth-order valence-electron chi connectivity index (χ4n) is 5.22. The van der Waals surface area contributed by atoms with Crippen LogP contribution in [-0.4, -0.2) is 8.97 Å². The second-order valence-corrected chi connectivity index (χ2v) is 8.15. The maximum Gasteiger partial charge on any atom is 0.131 e. The molecular weight excluding hydrogens is 390 g/mol. The molecule has 0 aliphatic carbocycles. The van der Waals surface area contributed by atoms with Crippen molar-refractivity contribution in [2.24, 2.45) is 0 Å². The first-order chi connectivity index (χ1) is 15.9. The molecule has 0 fully saturated rings. The van der Waals surface area contributed by atoms with Crippen LogP contribution >= 0.6 is 0 Å². The summed E-state index contributed by atoms with van der Waals surface area (Å²) in [5.41, 5.74) is 6.08. The van der Waals surface area contributed by atoms with Crippen LogP contribution in [0, 0.1) is 11.3 Å². The molecule has 0 aliphatic rings. The van der Waals surface area contributed by atoms with Gasteiger partial charge >= 0.3 is 0 Å². The van der Waals surface area contributed by atoms with Crippen molar-refractivity contribution >= 4 is 49.1 Å². The maximum atomic E-state index is 9.91. The van der Waals surface area contributed by atoms with Crippen LogP contribution in [0.5, 0.6) is 0 Å². The zero-order chi connectivity index (χ0) is 21.2. The number of aromatic nitrogens is 2. The predicted molar refractivity (Wildman–Crippen MR) is 131 cm³/mol. The molecule has 4 aromatic carbocycles. The van der Waals surface area contributed by atoms with Crippen LogP contribution in [0.2, 0.25) is 0 Å². The van der Waals surface area contributed by atoms with E-state index < -0.39 is 0 Å². The Morgan fingerprint density at radius 2 is 1.25 bits per heavy atom.